The van der Waals surface area contributed by atoms with Crippen LogP contribution in [0.3, 0.4) is 0 Å². The molecule has 0 unspecified atom stereocenters. The van der Waals surface area contributed by atoms with Crippen molar-refractivity contribution >= 4 is 45.6 Å². The normalized spacial score (nSPS) is 12.2. The average molecular weight is 558 g/mol. The number of thiazole rings is 2. The molecule has 1 aromatic carbocycles. The summed E-state index contributed by atoms with van der Waals surface area (Å²) in [6.07, 6.45) is 4.26. The minimum atomic E-state index is -0.570. The molecule has 2 heterocycles. The molecule has 0 bridgehead atoms. The number of amides is 1. The Morgan fingerprint density at radius 3 is 1.82 bits per heavy atom. The molecule has 0 aliphatic carbocycles. The third kappa shape index (κ3) is 10.3. The van der Waals surface area contributed by atoms with E-state index < -0.39 is 6.04 Å². The topological polar surface area (TPSA) is 131 Å². The number of aromatic nitrogens is 2. The lowest BCUT2D eigenvalue weighted by Crippen LogP contribution is -2.35. The Kier molecular flexibility index (Phi) is 12.0. The Hall–Kier alpha value is -2.53. The molecule has 38 heavy (non-hydrogen) atoms. The van der Waals surface area contributed by atoms with Gasteiger partial charge in [0, 0.05) is 27.8 Å². The van der Waals surface area contributed by atoms with Gasteiger partial charge in [0.15, 0.2) is 0 Å². The summed E-state index contributed by atoms with van der Waals surface area (Å²) in [6, 6.07) is 5.34. The second-order valence-corrected chi connectivity index (χ2v) is 12.4. The minimum absolute atomic E-state index is 0.193. The molecule has 1 amide bonds. The first kappa shape index (κ1) is 30.0. The van der Waals surface area contributed by atoms with Gasteiger partial charge in [-0.15, -0.1) is 22.7 Å². The molecule has 3 aromatic rings. The van der Waals surface area contributed by atoms with Gasteiger partial charge in [-0.1, -0.05) is 34.1 Å². The summed E-state index contributed by atoms with van der Waals surface area (Å²) in [5.74, 6) is 0.960. The number of benzene rings is 1. The van der Waals surface area contributed by atoms with E-state index in [9.17, 15) is 4.79 Å². The molecule has 3 rings (SSSR count). The highest BCUT2D eigenvalue weighted by atomic mass is 32.1. The van der Waals surface area contributed by atoms with Crippen LogP contribution in [0.5, 0.6) is 0 Å². The molecule has 0 radical (unpaired) electrons. The van der Waals surface area contributed by atoms with Crippen LogP contribution in [-0.4, -0.2) is 28.5 Å². The molecule has 0 aliphatic heterocycles. The zero-order valence-corrected chi connectivity index (χ0v) is 24.7. The third-order valence-electron chi connectivity index (χ3n) is 5.83. The highest BCUT2D eigenvalue weighted by molar-refractivity contribution is 7.09. The Morgan fingerprint density at radius 1 is 0.842 bits per heavy atom. The highest BCUT2D eigenvalue weighted by Crippen LogP contribution is 2.25. The van der Waals surface area contributed by atoms with Crippen LogP contribution in [0.15, 0.2) is 29.0 Å². The maximum atomic E-state index is 12.7. The number of nitrogens with two attached hydrogens (primary N) is 2. The average Bonchev–Trinajstić information content (AvgIpc) is 3.49. The summed E-state index contributed by atoms with van der Waals surface area (Å²) in [5.41, 5.74) is 16.4. The van der Waals surface area contributed by atoms with E-state index in [1.54, 1.807) is 22.7 Å². The zero-order chi connectivity index (χ0) is 27.5. The maximum Gasteiger partial charge on any atom is 0.241 e. The SMILES string of the molecule is CC(C)Cc1csc(CNc2cc(NCc3nc(CC(C)C)cs3)cc(NC(=O)[C@@H](N)CCCCN)c2)n1. The fourth-order valence-electron chi connectivity index (χ4n) is 4.02. The summed E-state index contributed by atoms with van der Waals surface area (Å²) in [7, 11) is 0. The monoisotopic (exact) mass is 557 g/mol. The van der Waals surface area contributed by atoms with Gasteiger partial charge in [-0.25, -0.2) is 9.97 Å². The molecule has 10 heteroatoms. The van der Waals surface area contributed by atoms with Gasteiger partial charge >= 0.3 is 0 Å². The summed E-state index contributed by atoms with van der Waals surface area (Å²) < 4.78 is 0. The Bertz CT molecular complexity index is 1070. The number of carbonyl (C=O) groups is 1. The predicted molar refractivity (Wildman–Crippen MR) is 162 cm³/mol. The molecule has 0 saturated carbocycles. The predicted octanol–water partition coefficient (Wildman–Crippen LogP) is 5.62. The minimum Gasteiger partial charge on any atom is -0.378 e. The molecular weight excluding hydrogens is 514 g/mol. The van der Waals surface area contributed by atoms with E-state index >= 15 is 0 Å². The van der Waals surface area contributed by atoms with Crippen molar-refractivity contribution in [3.8, 4) is 0 Å². The van der Waals surface area contributed by atoms with Gasteiger partial charge in [0.05, 0.1) is 30.5 Å². The van der Waals surface area contributed by atoms with Gasteiger partial charge in [-0.05, 0) is 62.3 Å². The molecule has 208 valence electrons. The third-order valence-corrected chi connectivity index (χ3v) is 7.62. The first-order chi connectivity index (χ1) is 18.2. The zero-order valence-electron chi connectivity index (χ0n) is 23.0. The van der Waals surface area contributed by atoms with Gasteiger partial charge in [-0.2, -0.15) is 0 Å². The number of unbranched alkanes of at least 4 members (excludes halogenated alkanes) is 1. The van der Waals surface area contributed by atoms with E-state index in [0.717, 1.165) is 58.5 Å². The van der Waals surface area contributed by atoms with Gasteiger partial charge in [0.2, 0.25) is 5.91 Å². The van der Waals surface area contributed by atoms with Crippen LogP contribution < -0.4 is 27.4 Å². The molecule has 2 aromatic heterocycles. The van der Waals surface area contributed by atoms with Crippen molar-refractivity contribution in [1.82, 2.24) is 9.97 Å². The van der Waals surface area contributed by atoms with Gasteiger partial charge in [0.1, 0.15) is 10.0 Å². The Labute approximate surface area is 235 Å². The lowest BCUT2D eigenvalue weighted by Gasteiger charge is -2.15. The van der Waals surface area contributed by atoms with E-state index in [-0.39, 0.29) is 5.91 Å². The molecule has 0 fully saturated rings. The second-order valence-electron chi connectivity index (χ2n) is 10.5. The van der Waals surface area contributed by atoms with Crippen molar-refractivity contribution in [1.29, 1.82) is 0 Å². The number of anilines is 3. The molecule has 1 atom stereocenters. The first-order valence-corrected chi connectivity index (χ1v) is 15.2. The van der Waals surface area contributed by atoms with Crippen LogP contribution in [0, 0.1) is 11.8 Å². The molecule has 8 nitrogen and oxygen atoms in total. The van der Waals surface area contributed by atoms with E-state index in [4.69, 9.17) is 21.4 Å². The van der Waals surface area contributed by atoms with Crippen LogP contribution >= 0.6 is 22.7 Å². The standard InChI is InChI=1S/C28H43N7OS2/c1-18(2)9-23-16-37-26(33-23)14-31-20-11-21(32-15-27-34-24(17-38-27)10-19(3)4)13-22(12-20)35-28(36)25(30)7-5-6-8-29/h11-13,16-19,25,31-32H,5-10,14-15,29-30H2,1-4H3,(H,35,36)/t25-/m0/s1. The first-order valence-electron chi connectivity index (χ1n) is 13.5. The summed E-state index contributed by atoms with van der Waals surface area (Å²) >= 11 is 3.33. The van der Waals surface area contributed by atoms with Crippen molar-refractivity contribution in [2.24, 2.45) is 23.3 Å². The number of carbonyl (C=O) groups excluding carboxylic acids is 1. The molecule has 7 N–H and O–H groups in total. The smallest absolute Gasteiger partial charge is 0.241 e. The molecular formula is C28H43N7OS2. The van der Waals surface area contributed by atoms with E-state index in [2.05, 4.69) is 54.4 Å². The van der Waals surface area contributed by atoms with Crippen molar-refractivity contribution in [3.05, 3.63) is 50.4 Å². The second kappa shape index (κ2) is 15.2. The van der Waals surface area contributed by atoms with Crippen molar-refractivity contribution in [3.63, 3.8) is 0 Å². The van der Waals surface area contributed by atoms with E-state index in [1.807, 2.05) is 18.2 Å². The van der Waals surface area contributed by atoms with Gasteiger partial charge in [-0.3, -0.25) is 4.79 Å². The van der Waals surface area contributed by atoms with Gasteiger partial charge < -0.3 is 27.4 Å². The maximum absolute atomic E-state index is 12.7. The van der Waals surface area contributed by atoms with Crippen molar-refractivity contribution < 1.29 is 4.79 Å². The largest absolute Gasteiger partial charge is 0.378 e. The van der Waals surface area contributed by atoms with Crippen LogP contribution in [0.2, 0.25) is 0 Å². The quantitative estimate of drug-likeness (QED) is 0.145. The summed E-state index contributed by atoms with van der Waals surface area (Å²) in [6.45, 7) is 10.6. The number of nitrogens with zero attached hydrogens (tertiary/aromatic N) is 2. The van der Waals surface area contributed by atoms with E-state index in [0.29, 0.717) is 43.6 Å². The molecule has 0 saturated heterocycles. The fraction of sp³-hybridized carbons (Fsp3) is 0.536. The van der Waals surface area contributed by atoms with Gasteiger partial charge in [0.25, 0.3) is 0 Å². The number of hydrogen-bond acceptors (Lipinski definition) is 9. The lowest BCUT2D eigenvalue weighted by molar-refractivity contribution is -0.117. The highest BCUT2D eigenvalue weighted by Gasteiger charge is 2.14. The van der Waals surface area contributed by atoms with E-state index in [1.165, 1.54) is 0 Å². The van der Waals surface area contributed by atoms with Crippen LogP contribution in [0.25, 0.3) is 0 Å². The van der Waals surface area contributed by atoms with Crippen LogP contribution in [0.4, 0.5) is 17.1 Å². The van der Waals surface area contributed by atoms with Crippen LogP contribution in [-0.2, 0) is 30.7 Å². The Morgan fingerprint density at radius 2 is 1.34 bits per heavy atom. The molecule has 0 aliphatic rings. The fourth-order valence-corrected chi connectivity index (χ4v) is 5.51. The van der Waals surface area contributed by atoms with Crippen molar-refractivity contribution in [2.75, 3.05) is 22.5 Å². The number of hydrogen-bond donors (Lipinski definition) is 5. The van der Waals surface area contributed by atoms with Crippen LogP contribution in [0.1, 0.15) is 68.4 Å². The lowest BCUT2D eigenvalue weighted by atomic mass is 10.1. The summed E-state index contributed by atoms with van der Waals surface area (Å²) in [5, 5.41) is 16.3. The Balaban J connectivity index is 1.70. The summed E-state index contributed by atoms with van der Waals surface area (Å²) in [4.78, 5) is 22.3. The van der Waals surface area contributed by atoms with Crippen molar-refractivity contribution in [2.45, 2.75) is 78.9 Å². The number of rotatable bonds is 16. The molecule has 0 spiro atoms. The number of nitrogens with one attached hydrogen (secondary N) is 3.